The monoisotopic (exact) mass is 302 g/mol. The van der Waals surface area contributed by atoms with Crippen molar-refractivity contribution < 1.29 is 22.0 Å². The van der Waals surface area contributed by atoms with Crippen molar-refractivity contribution in [3.8, 4) is 0 Å². The molecule has 0 fully saturated rings. The highest BCUT2D eigenvalue weighted by Gasteiger charge is 2.29. The van der Waals surface area contributed by atoms with Gasteiger partial charge >= 0.3 is 0 Å². The van der Waals surface area contributed by atoms with Crippen molar-refractivity contribution in [2.75, 3.05) is 7.05 Å². The summed E-state index contributed by atoms with van der Waals surface area (Å²) in [6.07, 6.45) is 1.45. The molecule has 1 N–H and O–H groups in total. The number of halogens is 5. The van der Waals surface area contributed by atoms with Gasteiger partial charge in [0.05, 0.1) is 0 Å². The summed E-state index contributed by atoms with van der Waals surface area (Å²) in [5.74, 6) is -9.74. The predicted octanol–water partition coefficient (Wildman–Crippen LogP) is 3.28. The first kappa shape index (κ1) is 15.4. The summed E-state index contributed by atoms with van der Waals surface area (Å²) >= 11 is 0. The molecule has 1 atom stereocenters. The Morgan fingerprint density at radius 1 is 0.952 bits per heavy atom. The standard InChI is InChI=1S/C14H11F5N2/c1-20-8(6-7-4-2-3-5-21-7)9-10(15)12(17)14(19)13(18)11(9)16/h2-5,8,20H,6H2,1H3. The molecule has 1 heterocycles. The van der Waals surface area contributed by atoms with E-state index in [2.05, 4.69) is 10.3 Å². The van der Waals surface area contributed by atoms with E-state index >= 15 is 0 Å². The zero-order valence-corrected chi connectivity index (χ0v) is 10.9. The first-order valence-corrected chi connectivity index (χ1v) is 6.05. The molecule has 21 heavy (non-hydrogen) atoms. The fourth-order valence-corrected chi connectivity index (χ4v) is 2.00. The van der Waals surface area contributed by atoms with Gasteiger partial charge in [-0.2, -0.15) is 0 Å². The molecule has 1 aromatic carbocycles. The van der Waals surface area contributed by atoms with E-state index in [9.17, 15) is 22.0 Å². The molecule has 0 aliphatic heterocycles. The second-order valence-corrected chi connectivity index (χ2v) is 4.35. The molecule has 1 aromatic heterocycles. The molecule has 2 nitrogen and oxygen atoms in total. The Labute approximate surface area is 117 Å². The topological polar surface area (TPSA) is 24.9 Å². The SMILES string of the molecule is CNC(Cc1ccccn1)c1c(F)c(F)c(F)c(F)c1F. The predicted molar refractivity (Wildman–Crippen MR) is 66.0 cm³/mol. The Bertz CT molecular complexity index is 617. The average Bonchev–Trinajstić information content (AvgIpc) is 2.51. The van der Waals surface area contributed by atoms with Crippen molar-refractivity contribution in [3.63, 3.8) is 0 Å². The minimum Gasteiger partial charge on any atom is -0.312 e. The molecule has 0 amide bonds. The fraction of sp³-hybridized carbons (Fsp3) is 0.214. The summed E-state index contributed by atoms with van der Waals surface area (Å²) in [6.45, 7) is 0. The molecular formula is C14H11F5N2. The van der Waals surface area contributed by atoms with Crippen LogP contribution in [0.3, 0.4) is 0 Å². The van der Waals surface area contributed by atoms with Gasteiger partial charge in [-0.15, -0.1) is 0 Å². The number of aromatic nitrogens is 1. The lowest BCUT2D eigenvalue weighted by atomic mass is 9.99. The highest BCUT2D eigenvalue weighted by atomic mass is 19.2. The minimum absolute atomic E-state index is 0.0182. The van der Waals surface area contributed by atoms with E-state index in [0.717, 1.165) is 0 Å². The van der Waals surface area contributed by atoms with Crippen LogP contribution in [-0.2, 0) is 6.42 Å². The molecule has 0 bridgehead atoms. The molecule has 7 heteroatoms. The summed E-state index contributed by atoms with van der Waals surface area (Å²) in [4.78, 5) is 3.97. The highest BCUT2D eigenvalue weighted by Crippen LogP contribution is 2.29. The number of nitrogens with one attached hydrogen (secondary N) is 1. The van der Waals surface area contributed by atoms with Crippen LogP contribution in [-0.4, -0.2) is 12.0 Å². The lowest BCUT2D eigenvalue weighted by Gasteiger charge is -2.18. The number of likely N-dealkylation sites (N-methyl/N-ethyl adjacent to an activating group) is 1. The third kappa shape index (κ3) is 2.87. The summed E-state index contributed by atoms with van der Waals surface area (Å²) < 4.78 is 67.0. The van der Waals surface area contributed by atoms with E-state index in [1.807, 2.05) is 0 Å². The van der Waals surface area contributed by atoms with Crippen molar-refractivity contribution in [1.29, 1.82) is 0 Å². The van der Waals surface area contributed by atoms with Crippen LogP contribution in [0.4, 0.5) is 22.0 Å². The van der Waals surface area contributed by atoms with E-state index in [-0.39, 0.29) is 6.42 Å². The maximum absolute atomic E-state index is 13.8. The van der Waals surface area contributed by atoms with E-state index in [1.54, 1.807) is 18.2 Å². The van der Waals surface area contributed by atoms with Crippen molar-refractivity contribution in [3.05, 3.63) is 64.7 Å². The van der Waals surface area contributed by atoms with Gasteiger partial charge in [0, 0.05) is 29.9 Å². The van der Waals surface area contributed by atoms with E-state index < -0.39 is 40.7 Å². The van der Waals surface area contributed by atoms with Gasteiger partial charge < -0.3 is 5.32 Å². The first-order valence-electron chi connectivity index (χ1n) is 6.05. The third-order valence-electron chi connectivity index (χ3n) is 3.08. The van der Waals surface area contributed by atoms with E-state index in [4.69, 9.17) is 0 Å². The number of benzene rings is 1. The Hall–Kier alpha value is -2.02. The largest absolute Gasteiger partial charge is 0.312 e. The van der Waals surface area contributed by atoms with Crippen molar-refractivity contribution >= 4 is 0 Å². The number of rotatable bonds is 4. The summed E-state index contributed by atoms with van der Waals surface area (Å²) in [5, 5.41) is 2.55. The summed E-state index contributed by atoms with van der Waals surface area (Å²) in [7, 11) is 1.37. The normalized spacial score (nSPS) is 12.5. The van der Waals surface area contributed by atoms with Gasteiger partial charge in [-0.25, -0.2) is 22.0 Å². The molecule has 0 spiro atoms. The molecule has 2 rings (SSSR count). The van der Waals surface area contributed by atoms with Gasteiger partial charge in [0.1, 0.15) is 0 Å². The smallest absolute Gasteiger partial charge is 0.200 e. The quantitative estimate of drug-likeness (QED) is 0.532. The van der Waals surface area contributed by atoms with Crippen molar-refractivity contribution in [1.82, 2.24) is 10.3 Å². The Balaban J connectivity index is 2.48. The molecule has 0 saturated carbocycles. The maximum atomic E-state index is 13.8. The summed E-state index contributed by atoms with van der Waals surface area (Å²) in [6, 6.07) is 3.81. The average molecular weight is 302 g/mol. The first-order chi connectivity index (χ1) is 9.97. The van der Waals surface area contributed by atoms with Crippen LogP contribution < -0.4 is 5.32 Å². The van der Waals surface area contributed by atoms with Gasteiger partial charge in [0.2, 0.25) is 5.82 Å². The van der Waals surface area contributed by atoms with Gasteiger partial charge in [0.25, 0.3) is 0 Å². The molecule has 2 aromatic rings. The molecule has 1 unspecified atom stereocenters. The van der Waals surface area contributed by atoms with Gasteiger partial charge in [-0.1, -0.05) is 6.07 Å². The van der Waals surface area contributed by atoms with Crippen LogP contribution in [0.1, 0.15) is 17.3 Å². The molecule has 0 aliphatic rings. The lowest BCUT2D eigenvalue weighted by Crippen LogP contribution is -2.24. The number of pyridine rings is 1. The van der Waals surface area contributed by atoms with Crippen LogP contribution in [0.25, 0.3) is 0 Å². The Morgan fingerprint density at radius 2 is 1.52 bits per heavy atom. The van der Waals surface area contributed by atoms with E-state index in [1.165, 1.54) is 13.2 Å². The summed E-state index contributed by atoms with van der Waals surface area (Å²) in [5.41, 5.74) is -0.430. The fourth-order valence-electron chi connectivity index (χ4n) is 2.00. The number of hydrogen-bond donors (Lipinski definition) is 1. The van der Waals surface area contributed by atoms with Crippen molar-refractivity contribution in [2.24, 2.45) is 0 Å². The van der Waals surface area contributed by atoms with Crippen LogP contribution in [0, 0.1) is 29.1 Å². The van der Waals surface area contributed by atoms with Gasteiger partial charge in [0.15, 0.2) is 23.3 Å². The van der Waals surface area contributed by atoms with Crippen LogP contribution >= 0.6 is 0 Å². The van der Waals surface area contributed by atoms with Crippen LogP contribution in [0.2, 0.25) is 0 Å². The maximum Gasteiger partial charge on any atom is 0.200 e. The zero-order valence-electron chi connectivity index (χ0n) is 10.9. The molecule has 112 valence electrons. The van der Waals surface area contributed by atoms with Crippen LogP contribution in [0.15, 0.2) is 24.4 Å². The Kier molecular flexibility index (Phi) is 4.52. The van der Waals surface area contributed by atoms with E-state index in [0.29, 0.717) is 5.69 Å². The van der Waals surface area contributed by atoms with Gasteiger partial charge in [-0.05, 0) is 19.2 Å². The Morgan fingerprint density at radius 3 is 2.00 bits per heavy atom. The minimum atomic E-state index is -2.17. The second kappa shape index (κ2) is 6.17. The third-order valence-corrected chi connectivity index (χ3v) is 3.08. The number of nitrogens with zero attached hydrogens (tertiary/aromatic N) is 1. The lowest BCUT2D eigenvalue weighted by molar-refractivity contribution is 0.358. The second-order valence-electron chi connectivity index (χ2n) is 4.35. The molecular weight excluding hydrogens is 291 g/mol. The van der Waals surface area contributed by atoms with Crippen LogP contribution in [0.5, 0.6) is 0 Å². The molecule has 0 radical (unpaired) electrons. The van der Waals surface area contributed by atoms with Gasteiger partial charge in [-0.3, -0.25) is 4.98 Å². The zero-order chi connectivity index (χ0) is 15.6. The molecule has 0 saturated heterocycles. The van der Waals surface area contributed by atoms with Crippen molar-refractivity contribution in [2.45, 2.75) is 12.5 Å². The number of hydrogen-bond acceptors (Lipinski definition) is 2. The molecule has 0 aliphatic carbocycles. The highest BCUT2D eigenvalue weighted by molar-refractivity contribution is 5.28.